The molecule has 1 atom stereocenters. The first kappa shape index (κ1) is 13.6. The van der Waals surface area contributed by atoms with E-state index in [0.29, 0.717) is 26.4 Å². The van der Waals surface area contributed by atoms with Crippen molar-refractivity contribution in [1.82, 2.24) is 0 Å². The first-order chi connectivity index (χ1) is 9.56. The summed E-state index contributed by atoms with van der Waals surface area (Å²) >= 11 is 9.27. The smallest absolute Gasteiger partial charge is 0.153 e. The van der Waals surface area contributed by atoms with Crippen LogP contribution >= 0.6 is 27.5 Å². The van der Waals surface area contributed by atoms with Crippen molar-refractivity contribution in [2.75, 3.05) is 0 Å². The van der Waals surface area contributed by atoms with Gasteiger partial charge in [0.15, 0.2) is 5.58 Å². The van der Waals surface area contributed by atoms with Crippen molar-refractivity contribution in [3.8, 4) is 0 Å². The van der Waals surface area contributed by atoms with Gasteiger partial charge in [-0.2, -0.15) is 0 Å². The molecule has 5 heteroatoms. The number of fused-ring (bicyclic) bond motifs is 1. The van der Waals surface area contributed by atoms with Crippen LogP contribution in [0, 0.1) is 5.82 Å². The van der Waals surface area contributed by atoms with E-state index in [2.05, 4.69) is 15.9 Å². The summed E-state index contributed by atoms with van der Waals surface area (Å²) in [5, 5.41) is 11.7. The van der Waals surface area contributed by atoms with Crippen molar-refractivity contribution in [2.24, 2.45) is 0 Å². The van der Waals surface area contributed by atoms with Crippen LogP contribution in [0.2, 0.25) is 5.02 Å². The quantitative estimate of drug-likeness (QED) is 0.696. The molecule has 0 aliphatic carbocycles. The minimum atomic E-state index is -0.992. The zero-order chi connectivity index (χ0) is 14.3. The third-order valence-corrected chi connectivity index (χ3v) is 4.03. The van der Waals surface area contributed by atoms with Crippen molar-refractivity contribution in [2.45, 2.75) is 6.10 Å². The van der Waals surface area contributed by atoms with Gasteiger partial charge in [-0.1, -0.05) is 45.7 Å². The minimum absolute atomic E-state index is 0.361. The van der Waals surface area contributed by atoms with Crippen LogP contribution in [0.3, 0.4) is 0 Å². The maximum Gasteiger partial charge on any atom is 0.153 e. The Morgan fingerprint density at radius 2 is 2.00 bits per heavy atom. The van der Waals surface area contributed by atoms with E-state index in [1.165, 1.54) is 18.2 Å². The van der Waals surface area contributed by atoms with Gasteiger partial charge < -0.3 is 9.52 Å². The van der Waals surface area contributed by atoms with Gasteiger partial charge >= 0.3 is 0 Å². The summed E-state index contributed by atoms with van der Waals surface area (Å²) in [6.45, 7) is 0. The van der Waals surface area contributed by atoms with E-state index < -0.39 is 6.10 Å². The number of furan rings is 1. The van der Waals surface area contributed by atoms with Gasteiger partial charge in [-0.3, -0.25) is 0 Å². The summed E-state index contributed by atoms with van der Waals surface area (Å²) < 4.78 is 19.2. The van der Waals surface area contributed by atoms with E-state index in [0.717, 1.165) is 5.39 Å². The number of halogens is 3. The van der Waals surface area contributed by atoms with Crippen LogP contribution in [-0.2, 0) is 0 Å². The van der Waals surface area contributed by atoms with Crippen molar-refractivity contribution in [3.05, 3.63) is 69.1 Å². The Morgan fingerprint density at radius 3 is 2.70 bits per heavy atom. The number of rotatable bonds is 2. The molecule has 0 saturated heterocycles. The molecule has 0 aliphatic rings. The summed E-state index contributed by atoms with van der Waals surface area (Å²) in [6.07, 6.45) is -0.992. The summed E-state index contributed by atoms with van der Waals surface area (Å²) in [6, 6.07) is 11.2. The predicted octanol–water partition coefficient (Wildman–Crippen LogP) is 5.07. The molecule has 1 unspecified atom stereocenters. The summed E-state index contributed by atoms with van der Waals surface area (Å²) in [4.78, 5) is 0. The third-order valence-electron chi connectivity index (χ3n) is 3.04. The highest BCUT2D eigenvalue weighted by Crippen LogP contribution is 2.34. The second-order valence-corrected chi connectivity index (χ2v) is 5.64. The lowest BCUT2D eigenvalue weighted by Gasteiger charge is -2.10. The minimum Gasteiger partial charge on any atom is -0.456 e. The highest BCUT2D eigenvalue weighted by molar-refractivity contribution is 9.10. The van der Waals surface area contributed by atoms with E-state index in [4.69, 9.17) is 16.0 Å². The fourth-order valence-electron chi connectivity index (χ4n) is 2.06. The van der Waals surface area contributed by atoms with Crippen LogP contribution in [0.1, 0.15) is 17.4 Å². The normalized spacial score (nSPS) is 12.8. The molecule has 102 valence electrons. The molecular formula is C15H9BrClFO2. The van der Waals surface area contributed by atoms with E-state index in [9.17, 15) is 9.50 Å². The largest absolute Gasteiger partial charge is 0.456 e. The lowest BCUT2D eigenvalue weighted by molar-refractivity contribution is 0.191. The van der Waals surface area contributed by atoms with Gasteiger partial charge in [0.05, 0.1) is 5.02 Å². The van der Waals surface area contributed by atoms with Gasteiger partial charge in [-0.15, -0.1) is 0 Å². The van der Waals surface area contributed by atoms with E-state index >= 15 is 0 Å². The molecular weight excluding hydrogens is 347 g/mol. The second-order valence-electron chi connectivity index (χ2n) is 4.38. The molecule has 1 heterocycles. The predicted molar refractivity (Wildman–Crippen MR) is 79.4 cm³/mol. The van der Waals surface area contributed by atoms with E-state index in [1.54, 1.807) is 12.1 Å². The average molecular weight is 356 g/mol. The topological polar surface area (TPSA) is 33.4 Å². The van der Waals surface area contributed by atoms with Gasteiger partial charge in [-0.05, 0) is 24.3 Å². The highest BCUT2D eigenvalue weighted by Gasteiger charge is 2.19. The Morgan fingerprint density at radius 1 is 1.20 bits per heavy atom. The van der Waals surface area contributed by atoms with Gasteiger partial charge in [-0.25, -0.2) is 4.39 Å². The van der Waals surface area contributed by atoms with Crippen molar-refractivity contribution >= 4 is 38.5 Å². The molecule has 1 aromatic heterocycles. The number of aliphatic hydroxyl groups excluding tert-OH is 1. The van der Waals surface area contributed by atoms with Crippen molar-refractivity contribution in [3.63, 3.8) is 0 Å². The Kier molecular flexibility index (Phi) is 3.54. The monoisotopic (exact) mass is 354 g/mol. The van der Waals surface area contributed by atoms with Gasteiger partial charge in [0.25, 0.3) is 0 Å². The lowest BCUT2D eigenvalue weighted by Crippen LogP contribution is -1.99. The zero-order valence-electron chi connectivity index (χ0n) is 10.1. The Labute approximate surface area is 127 Å². The lowest BCUT2D eigenvalue weighted by atomic mass is 10.1. The summed E-state index contributed by atoms with van der Waals surface area (Å²) in [7, 11) is 0. The van der Waals surface area contributed by atoms with Crippen molar-refractivity contribution < 1.29 is 13.9 Å². The Bertz CT molecular complexity index is 785. The number of para-hydroxylation sites is 1. The number of hydrogen-bond acceptors (Lipinski definition) is 2. The molecule has 1 N–H and O–H groups in total. The molecule has 3 rings (SSSR count). The van der Waals surface area contributed by atoms with Gasteiger partial charge in [0.2, 0.25) is 0 Å². The van der Waals surface area contributed by atoms with E-state index in [1.807, 2.05) is 12.1 Å². The van der Waals surface area contributed by atoms with Crippen LogP contribution < -0.4 is 0 Å². The number of aliphatic hydroxyl groups is 1. The highest BCUT2D eigenvalue weighted by atomic mass is 79.9. The maximum absolute atomic E-state index is 13.1. The molecule has 0 aliphatic heterocycles. The first-order valence-corrected chi connectivity index (χ1v) is 7.04. The molecule has 0 saturated carbocycles. The Hall–Kier alpha value is -1.36. The molecule has 0 bridgehead atoms. The van der Waals surface area contributed by atoms with Crippen molar-refractivity contribution in [1.29, 1.82) is 0 Å². The molecule has 0 fully saturated rings. The molecule has 0 spiro atoms. The van der Waals surface area contributed by atoms with Crippen LogP contribution in [0.25, 0.3) is 11.0 Å². The third kappa shape index (κ3) is 2.35. The van der Waals surface area contributed by atoms with E-state index in [-0.39, 0.29) is 5.82 Å². The molecule has 3 aromatic rings. The maximum atomic E-state index is 13.1. The molecule has 0 amide bonds. The van der Waals surface area contributed by atoms with Gasteiger partial charge in [0, 0.05) is 15.4 Å². The SMILES string of the molecule is OC(c1cc2cccc(Cl)c2o1)c1ccc(F)cc1Br. The second kappa shape index (κ2) is 5.20. The van der Waals surface area contributed by atoms with Crippen LogP contribution in [0.5, 0.6) is 0 Å². The molecule has 20 heavy (non-hydrogen) atoms. The summed E-state index contributed by atoms with van der Waals surface area (Å²) in [5.74, 6) is -0.0131. The number of benzene rings is 2. The fourth-order valence-corrected chi connectivity index (χ4v) is 2.85. The van der Waals surface area contributed by atoms with Crippen LogP contribution in [0.15, 0.2) is 51.4 Å². The first-order valence-electron chi connectivity index (χ1n) is 5.87. The van der Waals surface area contributed by atoms with Crippen LogP contribution in [-0.4, -0.2) is 5.11 Å². The molecule has 0 radical (unpaired) electrons. The molecule has 2 nitrogen and oxygen atoms in total. The number of hydrogen-bond donors (Lipinski definition) is 1. The fraction of sp³-hybridized carbons (Fsp3) is 0.0667. The average Bonchev–Trinajstić information content (AvgIpc) is 2.83. The zero-order valence-corrected chi connectivity index (χ0v) is 12.5. The standard InChI is InChI=1S/C15H9BrClFO2/c16-11-7-9(18)4-5-10(11)14(19)13-6-8-2-1-3-12(17)15(8)20-13/h1-7,14,19H. The van der Waals surface area contributed by atoms with Gasteiger partial charge in [0.1, 0.15) is 17.7 Å². The Balaban J connectivity index is 2.08. The molecule has 2 aromatic carbocycles. The van der Waals surface area contributed by atoms with Crippen LogP contribution in [0.4, 0.5) is 4.39 Å². The summed E-state index contributed by atoms with van der Waals surface area (Å²) in [5.41, 5.74) is 1.06.